The van der Waals surface area contributed by atoms with Crippen LogP contribution in [0.3, 0.4) is 0 Å². The van der Waals surface area contributed by atoms with E-state index in [1.807, 2.05) is 18.0 Å². The van der Waals surface area contributed by atoms with Crippen LogP contribution in [-0.2, 0) is 6.54 Å². The molecule has 0 saturated carbocycles. The van der Waals surface area contributed by atoms with Crippen molar-refractivity contribution in [2.75, 3.05) is 11.5 Å². The lowest BCUT2D eigenvalue weighted by molar-refractivity contribution is 0.453. The van der Waals surface area contributed by atoms with E-state index in [-0.39, 0.29) is 0 Å². The van der Waals surface area contributed by atoms with Crippen LogP contribution in [0.25, 0.3) is 0 Å². The molecule has 13 heavy (non-hydrogen) atoms. The van der Waals surface area contributed by atoms with Crippen LogP contribution < -0.4 is 5.73 Å². The Hall–Kier alpha value is -0.480. The van der Waals surface area contributed by atoms with E-state index in [1.54, 1.807) is 0 Å². The van der Waals surface area contributed by atoms with E-state index in [1.165, 1.54) is 24.3 Å². The Morgan fingerprint density at radius 1 is 1.54 bits per heavy atom. The minimum atomic E-state index is 0.552. The standard InChI is InChI=1S/C9H15N3S/c10-7-9-11-3-4-12(9)8-1-5-13-6-2-8/h3-4,8H,1-2,5-7,10H2. The number of nitrogens with two attached hydrogens (primary N) is 1. The van der Waals surface area contributed by atoms with Crippen LogP contribution >= 0.6 is 11.8 Å². The zero-order chi connectivity index (χ0) is 9.10. The second-order valence-corrected chi connectivity index (χ2v) is 4.52. The predicted molar refractivity (Wildman–Crippen MR) is 55.7 cm³/mol. The van der Waals surface area contributed by atoms with Gasteiger partial charge in [-0.2, -0.15) is 11.8 Å². The molecule has 0 bridgehead atoms. The molecule has 0 aromatic carbocycles. The van der Waals surface area contributed by atoms with E-state index in [0.717, 1.165) is 5.82 Å². The Bertz CT molecular complexity index is 266. The summed E-state index contributed by atoms with van der Waals surface area (Å²) in [7, 11) is 0. The smallest absolute Gasteiger partial charge is 0.122 e. The van der Waals surface area contributed by atoms with Gasteiger partial charge >= 0.3 is 0 Å². The van der Waals surface area contributed by atoms with Gasteiger partial charge in [0.1, 0.15) is 5.82 Å². The van der Waals surface area contributed by atoms with Gasteiger partial charge in [-0.25, -0.2) is 4.98 Å². The molecule has 1 aliphatic rings. The molecule has 2 heterocycles. The third kappa shape index (κ3) is 1.89. The summed E-state index contributed by atoms with van der Waals surface area (Å²) in [6.07, 6.45) is 6.43. The van der Waals surface area contributed by atoms with Crippen molar-refractivity contribution in [3.63, 3.8) is 0 Å². The van der Waals surface area contributed by atoms with Crippen molar-refractivity contribution in [2.45, 2.75) is 25.4 Å². The fraction of sp³-hybridized carbons (Fsp3) is 0.667. The van der Waals surface area contributed by atoms with Crippen molar-refractivity contribution in [1.82, 2.24) is 9.55 Å². The summed E-state index contributed by atoms with van der Waals surface area (Å²) >= 11 is 2.04. The Labute approximate surface area is 82.7 Å². The van der Waals surface area contributed by atoms with Gasteiger partial charge in [-0.15, -0.1) is 0 Å². The molecule has 2 N–H and O–H groups in total. The SMILES string of the molecule is NCc1nccn1C1CCSCC1. The van der Waals surface area contributed by atoms with Gasteiger partial charge in [0.2, 0.25) is 0 Å². The summed E-state index contributed by atoms with van der Waals surface area (Å²) in [4.78, 5) is 4.24. The van der Waals surface area contributed by atoms with Crippen LogP contribution in [0.1, 0.15) is 24.7 Å². The molecular weight excluding hydrogens is 182 g/mol. The number of hydrogen-bond donors (Lipinski definition) is 1. The molecule has 0 aliphatic carbocycles. The molecule has 3 nitrogen and oxygen atoms in total. The third-order valence-corrected chi connectivity index (χ3v) is 3.56. The molecule has 1 aromatic rings. The number of hydrogen-bond acceptors (Lipinski definition) is 3. The molecule has 2 rings (SSSR count). The summed E-state index contributed by atoms with van der Waals surface area (Å²) < 4.78 is 2.25. The first-order valence-corrected chi connectivity index (χ1v) is 5.87. The van der Waals surface area contributed by atoms with E-state index < -0.39 is 0 Å². The summed E-state index contributed by atoms with van der Waals surface area (Å²) in [6.45, 7) is 0.552. The Morgan fingerprint density at radius 2 is 2.31 bits per heavy atom. The fourth-order valence-corrected chi connectivity index (χ4v) is 2.88. The monoisotopic (exact) mass is 197 g/mol. The van der Waals surface area contributed by atoms with Gasteiger partial charge < -0.3 is 10.3 Å². The molecular formula is C9H15N3S. The normalized spacial score (nSPS) is 19.2. The first-order valence-electron chi connectivity index (χ1n) is 4.71. The lowest BCUT2D eigenvalue weighted by Gasteiger charge is -2.24. The van der Waals surface area contributed by atoms with Crippen molar-refractivity contribution in [3.8, 4) is 0 Å². The summed E-state index contributed by atoms with van der Waals surface area (Å²) in [5, 5.41) is 0. The van der Waals surface area contributed by atoms with E-state index in [4.69, 9.17) is 5.73 Å². The number of rotatable bonds is 2. The third-order valence-electron chi connectivity index (χ3n) is 2.52. The maximum atomic E-state index is 5.61. The maximum absolute atomic E-state index is 5.61. The largest absolute Gasteiger partial charge is 0.331 e. The molecule has 0 radical (unpaired) electrons. The van der Waals surface area contributed by atoms with E-state index in [2.05, 4.69) is 15.7 Å². The molecule has 1 aliphatic heterocycles. The Morgan fingerprint density at radius 3 is 3.00 bits per heavy atom. The number of imidazole rings is 1. The molecule has 0 unspecified atom stereocenters. The average Bonchev–Trinajstić information content (AvgIpc) is 2.67. The van der Waals surface area contributed by atoms with E-state index in [0.29, 0.717) is 12.6 Å². The van der Waals surface area contributed by atoms with Gasteiger partial charge in [-0.05, 0) is 24.3 Å². The van der Waals surface area contributed by atoms with Crippen LogP contribution in [-0.4, -0.2) is 21.1 Å². The molecule has 72 valence electrons. The molecule has 1 aromatic heterocycles. The lowest BCUT2D eigenvalue weighted by atomic mass is 10.1. The van der Waals surface area contributed by atoms with Gasteiger partial charge in [0, 0.05) is 18.4 Å². The minimum Gasteiger partial charge on any atom is -0.331 e. The lowest BCUT2D eigenvalue weighted by Crippen LogP contribution is -2.18. The van der Waals surface area contributed by atoms with Gasteiger partial charge in [0.15, 0.2) is 0 Å². The number of nitrogens with zero attached hydrogens (tertiary/aromatic N) is 2. The highest BCUT2D eigenvalue weighted by Gasteiger charge is 2.16. The van der Waals surface area contributed by atoms with Crippen molar-refractivity contribution < 1.29 is 0 Å². The maximum Gasteiger partial charge on any atom is 0.122 e. The zero-order valence-corrected chi connectivity index (χ0v) is 8.46. The van der Waals surface area contributed by atoms with Crippen molar-refractivity contribution in [1.29, 1.82) is 0 Å². The average molecular weight is 197 g/mol. The van der Waals surface area contributed by atoms with Crippen LogP contribution in [0.15, 0.2) is 12.4 Å². The highest BCUT2D eigenvalue weighted by Crippen LogP contribution is 2.27. The van der Waals surface area contributed by atoms with Gasteiger partial charge in [0.05, 0.1) is 6.54 Å². The van der Waals surface area contributed by atoms with E-state index >= 15 is 0 Å². The molecule has 4 heteroatoms. The summed E-state index contributed by atoms with van der Waals surface area (Å²) in [5.74, 6) is 3.57. The van der Waals surface area contributed by atoms with Crippen molar-refractivity contribution >= 4 is 11.8 Å². The van der Waals surface area contributed by atoms with Crippen LogP contribution in [0.2, 0.25) is 0 Å². The van der Waals surface area contributed by atoms with Gasteiger partial charge in [0.25, 0.3) is 0 Å². The minimum absolute atomic E-state index is 0.552. The second kappa shape index (κ2) is 4.15. The number of thioether (sulfide) groups is 1. The van der Waals surface area contributed by atoms with Crippen LogP contribution in [0, 0.1) is 0 Å². The molecule has 1 fully saturated rings. The van der Waals surface area contributed by atoms with Gasteiger partial charge in [-0.3, -0.25) is 0 Å². The first-order chi connectivity index (χ1) is 6.42. The zero-order valence-electron chi connectivity index (χ0n) is 7.65. The topological polar surface area (TPSA) is 43.8 Å². The van der Waals surface area contributed by atoms with Crippen molar-refractivity contribution in [2.24, 2.45) is 5.73 Å². The highest BCUT2D eigenvalue weighted by molar-refractivity contribution is 7.99. The molecule has 0 amide bonds. The number of aromatic nitrogens is 2. The molecule has 0 spiro atoms. The van der Waals surface area contributed by atoms with E-state index in [9.17, 15) is 0 Å². The van der Waals surface area contributed by atoms with Crippen LogP contribution in [0.4, 0.5) is 0 Å². The van der Waals surface area contributed by atoms with Gasteiger partial charge in [-0.1, -0.05) is 0 Å². The summed E-state index contributed by atoms with van der Waals surface area (Å²) in [5.41, 5.74) is 5.61. The first kappa shape index (κ1) is 9.09. The fourth-order valence-electron chi connectivity index (χ4n) is 1.80. The second-order valence-electron chi connectivity index (χ2n) is 3.30. The predicted octanol–water partition coefficient (Wildman–Crippen LogP) is 1.41. The quantitative estimate of drug-likeness (QED) is 0.779. The van der Waals surface area contributed by atoms with Crippen LogP contribution in [0.5, 0.6) is 0 Å². The summed E-state index contributed by atoms with van der Waals surface area (Å²) in [6, 6.07) is 0.641. The highest BCUT2D eigenvalue weighted by atomic mass is 32.2. The molecule has 1 saturated heterocycles. The molecule has 0 atom stereocenters. The van der Waals surface area contributed by atoms with Crippen molar-refractivity contribution in [3.05, 3.63) is 18.2 Å². The Balaban J connectivity index is 2.13. The Kier molecular flexibility index (Phi) is 2.90.